The van der Waals surface area contributed by atoms with Crippen LogP contribution in [0.2, 0.25) is 0 Å². The minimum atomic E-state index is 0. The molecule has 312 valence electrons. The molecule has 58 heavy (non-hydrogen) atoms. The van der Waals surface area contributed by atoms with Gasteiger partial charge in [0.2, 0.25) is 0 Å². The summed E-state index contributed by atoms with van der Waals surface area (Å²) < 4.78 is 1.45. The van der Waals surface area contributed by atoms with Crippen LogP contribution in [0.4, 0.5) is 0 Å². The number of fused-ring (bicyclic) bond motifs is 3. The summed E-state index contributed by atoms with van der Waals surface area (Å²) in [6.45, 7) is 32.5. The van der Waals surface area contributed by atoms with Crippen LogP contribution in [0, 0.1) is 12.1 Å². The molecule has 2 aliphatic carbocycles. The first-order chi connectivity index (χ1) is 26.1. The first-order valence-electron chi connectivity index (χ1n) is 21.4. The van der Waals surface area contributed by atoms with Crippen LogP contribution in [-0.4, -0.2) is 3.21 Å². The van der Waals surface area contributed by atoms with Gasteiger partial charge in [0.1, 0.15) is 0 Å². The van der Waals surface area contributed by atoms with Crippen molar-refractivity contribution in [3.63, 3.8) is 0 Å². The van der Waals surface area contributed by atoms with E-state index in [1.807, 2.05) is 12.2 Å². The maximum absolute atomic E-state index is 3.90. The molecule has 0 N–H and O–H groups in total. The van der Waals surface area contributed by atoms with Crippen LogP contribution in [0.15, 0.2) is 85.0 Å². The summed E-state index contributed by atoms with van der Waals surface area (Å²) in [6, 6.07) is 29.7. The molecule has 0 saturated carbocycles. The van der Waals surface area contributed by atoms with E-state index in [1.54, 1.807) is 0 Å². The van der Waals surface area contributed by atoms with Crippen LogP contribution in [0.1, 0.15) is 185 Å². The third-order valence-corrected chi connectivity index (χ3v) is 12.4. The van der Waals surface area contributed by atoms with Crippen LogP contribution in [0.25, 0.3) is 11.1 Å². The molecule has 0 saturated heterocycles. The molecule has 0 fully saturated rings. The summed E-state index contributed by atoms with van der Waals surface area (Å²) in [6.07, 6.45) is 18.5. The Bertz CT molecular complexity index is 1840. The van der Waals surface area contributed by atoms with Gasteiger partial charge in [-0.05, 0) is 39.4 Å². The Kier molecular flexibility index (Phi) is 19.6. The molecule has 0 atom stereocenters. The Labute approximate surface area is 383 Å². The van der Waals surface area contributed by atoms with Crippen LogP contribution >= 0.6 is 0 Å². The Morgan fingerprint density at radius 1 is 0.586 bits per heavy atom. The zero-order valence-electron chi connectivity index (χ0n) is 38.5. The number of aryl methyl sites for hydroxylation is 2. The molecule has 0 radical (unpaired) electrons. The summed E-state index contributed by atoms with van der Waals surface area (Å²) in [7, 11) is 0. The summed E-state index contributed by atoms with van der Waals surface area (Å²) >= 11 is 1.48. The standard InChI is InChI=1S/C29H41.C21H26.C5H5.2ClH.Zr/c1-26(2,3)22-14-18-13-19-15-23(27(4,5)6)25(29(10,11)12)17-21(19)20(18)16-24(22)28(7,8)9;1-3-5-7-18-9-13-20(14-10-18)17-21-15-11-19(12-16-21)8-6-4-2;1-2-4-5-3-1;;;/h14,16-17H,13H2,1-12H3;9-16H,3-8H2,1-2H3;1-3H,4H2;2*1H;/q-1;;-1;;;+2/p-2. The van der Waals surface area contributed by atoms with E-state index < -0.39 is 0 Å². The van der Waals surface area contributed by atoms with Gasteiger partial charge in [-0.1, -0.05) is 106 Å². The maximum atomic E-state index is 3.90. The van der Waals surface area contributed by atoms with Crippen molar-refractivity contribution in [3.8, 4) is 11.1 Å². The monoisotopic (exact) mass is 892 g/mol. The molecule has 0 spiro atoms. The van der Waals surface area contributed by atoms with E-state index in [0.717, 1.165) is 12.8 Å². The van der Waals surface area contributed by atoms with Gasteiger partial charge in [0, 0.05) is 0 Å². The number of rotatable bonds is 8. The molecule has 4 aromatic rings. The summed E-state index contributed by atoms with van der Waals surface area (Å²) in [5, 5.41) is 0. The average molecular weight is 895 g/mol. The number of hydrogen-bond acceptors (Lipinski definition) is 0. The fraction of sp³-hybridized carbons (Fsp3) is 0.473. The number of allylic oxidation sites excluding steroid dienone is 4. The third-order valence-electron chi connectivity index (χ3n) is 10.9. The van der Waals surface area contributed by atoms with Crippen molar-refractivity contribution in [1.29, 1.82) is 0 Å². The molecule has 4 aromatic carbocycles. The quantitative estimate of drug-likeness (QED) is 0.137. The SMILES string of the molecule is CC(C)(C)c1[c-]c2c(cc1C(C)(C)C)-c1cc(C(C)(C)C)c(C(C)(C)C)cc1C2.CCCCc1ccc([C](=[Zr+2])c2ccc(CCCC)cc2)cc1.[C-]1=CC=CC1.[Cl-].[Cl-]. The van der Waals surface area contributed by atoms with Gasteiger partial charge in [0.05, 0.1) is 0 Å². The number of halogens is 2. The molecule has 0 aromatic heterocycles. The van der Waals surface area contributed by atoms with E-state index in [9.17, 15) is 0 Å². The molecular weight excluding hydrogens is 823 g/mol. The van der Waals surface area contributed by atoms with E-state index in [2.05, 4.69) is 182 Å². The average Bonchev–Trinajstić information content (AvgIpc) is 3.83. The molecule has 2 aliphatic rings. The van der Waals surface area contributed by atoms with E-state index in [0.29, 0.717) is 0 Å². The fourth-order valence-corrected chi connectivity index (χ4v) is 8.39. The Morgan fingerprint density at radius 2 is 1.03 bits per heavy atom. The van der Waals surface area contributed by atoms with Crippen molar-refractivity contribution in [3.05, 3.63) is 153 Å². The molecule has 0 amide bonds. The van der Waals surface area contributed by atoms with Gasteiger partial charge in [0.25, 0.3) is 0 Å². The van der Waals surface area contributed by atoms with Crippen molar-refractivity contribution in [1.82, 2.24) is 0 Å². The number of unbranched alkanes of at least 4 members (excludes halogenated alkanes) is 2. The van der Waals surface area contributed by atoms with Gasteiger partial charge in [-0.3, -0.25) is 6.08 Å². The second kappa shape index (κ2) is 22.0. The number of hydrogen-bond donors (Lipinski definition) is 0. The number of benzene rings is 4. The summed E-state index contributed by atoms with van der Waals surface area (Å²) in [5.74, 6) is 0. The molecule has 3 heteroatoms. The Balaban J connectivity index is 0.000000354. The zero-order chi connectivity index (χ0) is 41.5. The van der Waals surface area contributed by atoms with Crippen molar-refractivity contribution < 1.29 is 49.0 Å². The van der Waals surface area contributed by atoms with E-state index in [1.165, 1.54) is 133 Å². The van der Waals surface area contributed by atoms with Crippen molar-refractivity contribution in [2.75, 3.05) is 0 Å². The molecule has 0 heterocycles. The van der Waals surface area contributed by atoms with Crippen LogP contribution < -0.4 is 24.8 Å². The van der Waals surface area contributed by atoms with E-state index in [4.69, 9.17) is 0 Å². The van der Waals surface area contributed by atoms with Gasteiger partial charge in [0.15, 0.2) is 0 Å². The molecule has 0 aliphatic heterocycles. The normalized spacial score (nSPS) is 13.0. The predicted molar refractivity (Wildman–Crippen MR) is 243 cm³/mol. The fourth-order valence-electron chi connectivity index (χ4n) is 7.57. The molecular formula is C55H72Cl2Zr-2. The minimum absolute atomic E-state index is 0. The topological polar surface area (TPSA) is 0 Å². The van der Waals surface area contributed by atoms with Crippen LogP contribution in [0.5, 0.6) is 0 Å². The van der Waals surface area contributed by atoms with Crippen molar-refractivity contribution >= 4 is 3.21 Å². The van der Waals surface area contributed by atoms with Crippen molar-refractivity contribution in [2.45, 2.75) is 170 Å². The second-order valence-electron chi connectivity index (χ2n) is 20.2. The van der Waals surface area contributed by atoms with Gasteiger partial charge in [-0.15, -0.1) is 23.1 Å². The summed E-state index contributed by atoms with van der Waals surface area (Å²) in [4.78, 5) is 0. The van der Waals surface area contributed by atoms with Gasteiger partial charge in [-0.25, -0.2) is 12.2 Å². The van der Waals surface area contributed by atoms with E-state index >= 15 is 0 Å². The van der Waals surface area contributed by atoms with Gasteiger partial charge in [-0.2, -0.15) is 23.8 Å². The zero-order valence-corrected chi connectivity index (χ0v) is 42.5. The smallest absolute Gasteiger partial charge is 0.109 e. The summed E-state index contributed by atoms with van der Waals surface area (Å²) in [5.41, 5.74) is 17.6. The van der Waals surface area contributed by atoms with Gasteiger partial charge >= 0.3 is 151 Å². The minimum Gasteiger partial charge on any atom is -1.00 e. The van der Waals surface area contributed by atoms with Crippen LogP contribution in [-0.2, 0) is 65.2 Å². The third kappa shape index (κ3) is 14.1. The van der Waals surface area contributed by atoms with Gasteiger partial charge < -0.3 is 24.8 Å². The largest absolute Gasteiger partial charge is 1.00 e. The molecule has 6 rings (SSSR count). The maximum Gasteiger partial charge on any atom is -0.109 e. The first kappa shape index (κ1) is 51.8. The first-order valence-corrected chi connectivity index (χ1v) is 22.6. The molecule has 0 nitrogen and oxygen atoms in total. The van der Waals surface area contributed by atoms with E-state index in [-0.39, 0.29) is 46.5 Å². The Hall–Kier alpha value is -2.31. The second-order valence-corrected chi connectivity index (χ2v) is 21.4. The van der Waals surface area contributed by atoms with Crippen LogP contribution in [0.3, 0.4) is 0 Å². The molecule has 0 unspecified atom stereocenters. The van der Waals surface area contributed by atoms with Crippen molar-refractivity contribution in [2.24, 2.45) is 0 Å². The molecule has 0 bridgehead atoms. The predicted octanol–water partition coefficient (Wildman–Crippen LogP) is 9.05. The Morgan fingerprint density at radius 3 is 1.40 bits per heavy atom.